The Morgan fingerprint density at radius 1 is 0.712 bits per heavy atom. The Labute approximate surface area is 352 Å². The summed E-state index contributed by atoms with van der Waals surface area (Å²) in [5.41, 5.74) is 4.75. The van der Waals surface area contributed by atoms with Gasteiger partial charge < -0.3 is 0 Å². The number of carbonyl (C=O) groups excluding carboxylic acids is 2. The summed E-state index contributed by atoms with van der Waals surface area (Å²) in [4.78, 5) is 32.5. The number of para-hydroxylation sites is 3. The molecule has 14 heteroatoms. The van der Waals surface area contributed by atoms with E-state index in [9.17, 15) is 22.8 Å². The predicted molar refractivity (Wildman–Crippen MR) is 225 cm³/mol. The van der Waals surface area contributed by atoms with Crippen molar-refractivity contribution in [1.29, 1.82) is 0 Å². The number of rotatable bonds is 9. The van der Waals surface area contributed by atoms with Gasteiger partial charge in [0, 0.05) is 0 Å². The van der Waals surface area contributed by atoms with Gasteiger partial charge in [0.15, 0.2) is 0 Å². The Kier molecular flexibility index (Phi) is 13.0. The first-order valence-corrected chi connectivity index (χ1v) is 25.9. The van der Waals surface area contributed by atoms with Gasteiger partial charge >= 0.3 is 355 Å². The molecular weight excluding hydrogens is 897 g/mol. The van der Waals surface area contributed by atoms with Crippen LogP contribution in [0.3, 0.4) is 0 Å². The first kappa shape index (κ1) is 44.6. The van der Waals surface area contributed by atoms with Crippen molar-refractivity contribution in [3.8, 4) is 5.75 Å². The Hall–Kier alpha value is -3.99. The fourth-order valence-electron chi connectivity index (χ4n) is 7.77. The molecule has 0 spiro atoms. The number of imide groups is 1. The number of fused-ring (bicyclic) bond motifs is 1. The number of amides is 2. The molecule has 1 atom stereocenters. The summed E-state index contributed by atoms with van der Waals surface area (Å²) >= 11 is -4.40. The number of nitrogens with zero attached hydrogens (tertiary/aromatic N) is 3. The number of benzene rings is 4. The number of hydrogen-bond acceptors (Lipinski definition) is 5. The Morgan fingerprint density at radius 2 is 1.12 bits per heavy atom. The third-order valence-corrected chi connectivity index (χ3v) is 16.1. The molecule has 0 N–H and O–H groups in total. The fraction of sp³-hybridized carbons (Fsp3) is 0.378. The summed E-state index contributed by atoms with van der Waals surface area (Å²) in [5.74, 6) is -14.1. The van der Waals surface area contributed by atoms with Crippen LogP contribution in [0.1, 0.15) is 131 Å². The van der Waals surface area contributed by atoms with E-state index in [2.05, 4.69) is 102 Å². The first-order chi connectivity index (χ1) is 27.7. The molecule has 4 aromatic rings. The molecule has 0 bridgehead atoms. The SMILES string of the molecule is CCC1Oc2c([CH]=[Ru-4]([Cl])([Cl])=[C]3N(c4c(C(C)C)cccc4C(C)C)CCN3c3c(C(C)C)cccc3C(C)C)cccc2N(C(=O)c2c(F)c(F)c(F)c(F)c2F)C1=O. The molecule has 2 aliphatic heterocycles. The Bertz CT molecular complexity index is 2320. The average molecular weight is 946 g/mol. The average Bonchev–Trinajstić information content (AvgIpc) is 3.64. The molecule has 2 aliphatic rings. The molecule has 0 radical (unpaired) electrons. The minimum absolute atomic E-state index is 0.00671. The number of hydrogen-bond donors (Lipinski definition) is 0. The maximum absolute atomic E-state index is 15.1. The fourth-order valence-corrected chi connectivity index (χ4v) is 13.8. The maximum atomic E-state index is 15.1. The van der Waals surface area contributed by atoms with Gasteiger partial charge in [0.25, 0.3) is 0 Å². The van der Waals surface area contributed by atoms with Crippen LogP contribution in [0.25, 0.3) is 0 Å². The molecule has 322 valence electrons. The molecule has 1 unspecified atom stereocenters. The molecule has 6 rings (SSSR count). The van der Waals surface area contributed by atoms with Crippen molar-refractivity contribution in [3.05, 3.63) is 117 Å². The molecule has 6 nitrogen and oxygen atoms in total. The van der Waals surface area contributed by atoms with Crippen LogP contribution >= 0.6 is 19.4 Å². The molecular formula is C45H48Cl2F5N3O3Ru-4. The second-order valence-corrected chi connectivity index (χ2v) is 25.2. The van der Waals surface area contributed by atoms with Crippen LogP contribution in [-0.2, 0) is 16.7 Å². The topological polar surface area (TPSA) is 53.1 Å². The standard InChI is InChI=1S/C27H38N2.C18H10F5NO3.2ClH.Ru/c1-18(2)22-11-9-12-23(19(3)4)26(22)28-15-16-29(17-28)27-24(20(5)6)13-10-14-25(27)21(7)8;1-3-9-17(25)24(8-6-4-5-7(2)16(8)27-9)18(26)10-11(19)13(21)15(23)14(22)12(10)20;;;/h9-14,18-21H,15-16H2,1-8H3;2,4-6,9H,3H2,1H3;2*1H;/q;;;;-2/p-2. The van der Waals surface area contributed by atoms with Crippen LogP contribution in [0, 0.1) is 29.1 Å². The van der Waals surface area contributed by atoms with E-state index >= 15 is 8.78 Å². The Balaban J connectivity index is 1.69. The van der Waals surface area contributed by atoms with Gasteiger partial charge in [0.1, 0.15) is 0 Å². The minimum atomic E-state index is -4.40. The van der Waals surface area contributed by atoms with Crippen molar-refractivity contribution in [2.24, 2.45) is 0 Å². The third kappa shape index (κ3) is 7.90. The zero-order valence-electron chi connectivity index (χ0n) is 34.3. The van der Waals surface area contributed by atoms with E-state index < -0.39 is 64.5 Å². The van der Waals surface area contributed by atoms with E-state index in [1.807, 2.05) is 0 Å². The van der Waals surface area contributed by atoms with E-state index in [0.29, 0.717) is 22.3 Å². The molecule has 2 amide bonds. The van der Waals surface area contributed by atoms with Crippen LogP contribution in [0.2, 0.25) is 0 Å². The predicted octanol–water partition coefficient (Wildman–Crippen LogP) is 11.9. The van der Waals surface area contributed by atoms with Crippen molar-refractivity contribution < 1.29 is 48.2 Å². The van der Waals surface area contributed by atoms with Crippen molar-refractivity contribution in [2.45, 2.75) is 98.5 Å². The molecule has 2 heterocycles. The van der Waals surface area contributed by atoms with E-state index in [-0.39, 0.29) is 47.1 Å². The summed E-state index contributed by atoms with van der Waals surface area (Å²) in [6, 6.07) is 17.0. The molecule has 0 aliphatic carbocycles. The van der Waals surface area contributed by atoms with Crippen LogP contribution in [0.5, 0.6) is 5.75 Å². The van der Waals surface area contributed by atoms with Gasteiger partial charge in [-0.05, 0) is 0 Å². The third-order valence-electron chi connectivity index (χ3n) is 10.7. The van der Waals surface area contributed by atoms with Gasteiger partial charge in [-0.3, -0.25) is 0 Å². The van der Waals surface area contributed by atoms with Crippen LogP contribution in [-0.4, -0.2) is 40.0 Å². The van der Waals surface area contributed by atoms with Gasteiger partial charge in [-0.1, -0.05) is 0 Å². The van der Waals surface area contributed by atoms with E-state index in [1.165, 1.54) is 12.1 Å². The number of ether oxygens (including phenoxy) is 1. The van der Waals surface area contributed by atoms with Gasteiger partial charge in [-0.2, -0.15) is 0 Å². The zero-order valence-corrected chi connectivity index (χ0v) is 37.6. The molecule has 1 fully saturated rings. The second kappa shape index (κ2) is 17.2. The second-order valence-electron chi connectivity index (χ2n) is 15.9. The number of halogens is 7. The molecule has 0 aromatic heterocycles. The Morgan fingerprint density at radius 3 is 1.53 bits per heavy atom. The molecule has 0 saturated carbocycles. The molecule has 59 heavy (non-hydrogen) atoms. The van der Waals surface area contributed by atoms with E-state index in [1.54, 1.807) is 17.6 Å². The summed E-state index contributed by atoms with van der Waals surface area (Å²) in [5, 5.41) is 0. The normalized spacial score (nSPS) is 16.2. The number of anilines is 3. The van der Waals surface area contributed by atoms with Crippen molar-refractivity contribution in [1.82, 2.24) is 0 Å². The van der Waals surface area contributed by atoms with E-state index in [4.69, 9.17) is 24.1 Å². The summed E-state index contributed by atoms with van der Waals surface area (Å²) < 4.78 is 81.5. The number of carbonyl (C=O) groups is 2. The molecule has 1 saturated heterocycles. The van der Waals surface area contributed by atoms with E-state index in [0.717, 1.165) is 33.6 Å². The van der Waals surface area contributed by atoms with Crippen molar-refractivity contribution >= 4 is 57.2 Å². The first-order valence-electron chi connectivity index (χ1n) is 19.6. The molecule has 4 aromatic carbocycles. The van der Waals surface area contributed by atoms with Gasteiger partial charge in [-0.15, -0.1) is 0 Å². The summed E-state index contributed by atoms with van der Waals surface area (Å²) in [7, 11) is 15.7. The van der Waals surface area contributed by atoms with Gasteiger partial charge in [0.2, 0.25) is 0 Å². The summed E-state index contributed by atoms with van der Waals surface area (Å²) in [6.45, 7) is 19.8. The van der Waals surface area contributed by atoms with Crippen molar-refractivity contribution in [2.75, 3.05) is 27.8 Å². The van der Waals surface area contributed by atoms with Gasteiger partial charge in [-0.25, -0.2) is 0 Å². The summed E-state index contributed by atoms with van der Waals surface area (Å²) in [6.07, 6.45) is -1.37. The van der Waals surface area contributed by atoms with Crippen LogP contribution in [0.15, 0.2) is 54.6 Å². The quantitative estimate of drug-likeness (QED) is 0.0550. The van der Waals surface area contributed by atoms with Crippen LogP contribution < -0.4 is 19.4 Å². The monoisotopic (exact) mass is 945 g/mol. The van der Waals surface area contributed by atoms with Crippen LogP contribution in [0.4, 0.5) is 39.0 Å². The van der Waals surface area contributed by atoms with Gasteiger partial charge in [0.05, 0.1) is 0 Å². The van der Waals surface area contributed by atoms with Crippen molar-refractivity contribution in [3.63, 3.8) is 0 Å². The zero-order chi connectivity index (χ0) is 43.4.